The van der Waals surface area contributed by atoms with Crippen LogP contribution in [0, 0.1) is 50.2 Å². The molecule has 8 rings (SSSR count). The summed E-state index contributed by atoms with van der Waals surface area (Å²) in [6, 6.07) is 0. The summed E-state index contributed by atoms with van der Waals surface area (Å²) in [5.41, 5.74) is -1.39. The third-order valence-corrected chi connectivity index (χ3v) is 19.3. The predicted molar refractivity (Wildman–Crippen MR) is 235 cm³/mol. The Balaban J connectivity index is 1.02. The van der Waals surface area contributed by atoms with Gasteiger partial charge in [0.15, 0.2) is 18.7 Å². The van der Waals surface area contributed by atoms with Crippen LogP contribution in [0.2, 0.25) is 0 Å². The SMILES string of the molecule is CC(=O)OC1C(OC2CCC3(C)C(CCC4(C)C3CC=C3C5CC(C)(C)CCC5(C(=O)OC5OC(COC6OC(CO)C(O)C(O)C6O)C(O)C(O)C5O)CCC34C)C2(C)CO)OCC(O)C1O. The van der Waals surface area contributed by atoms with Crippen LogP contribution < -0.4 is 0 Å². The van der Waals surface area contributed by atoms with E-state index in [-0.39, 0.29) is 52.6 Å². The van der Waals surface area contributed by atoms with E-state index in [0.29, 0.717) is 32.1 Å². The number of hydrogen-bond donors (Lipinski definition) is 10. The number of carbonyl (C=O) groups is 2. The van der Waals surface area contributed by atoms with Gasteiger partial charge in [-0.3, -0.25) is 9.59 Å². The van der Waals surface area contributed by atoms with Crippen LogP contribution in [0.1, 0.15) is 113 Å². The lowest BCUT2D eigenvalue weighted by Gasteiger charge is -2.71. The number of rotatable bonds is 10. The molecule has 19 heteroatoms. The standard InChI is InChI=1S/C49H78O19/c1-23(52)64-39-32(54)26(53)20-62-42(39)67-31-11-12-45(4)29(46(31,5)22-51)10-13-48(7)30(45)9-8-24-25-18-44(2,3)14-16-49(25,17-15-47(24,48)6)43(61)68-41-38(60)36(58)34(56)28(66-41)21-63-40-37(59)35(57)33(55)27(19-50)65-40/h8,25-42,50-51,53-60H,9-22H2,1-7H3. The summed E-state index contributed by atoms with van der Waals surface area (Å²) in [6.07, 6.45) is -12.6. The average Bonchev–Trinajstić information content (AvgIpc) is 3.29. The first kappa shape index (κ1) is 52.4. The Labute approximate surface area is 398 Å². The number of esters is 2. The highest BCUT2D eigenvalue weighted by atomic mass is 16.7. The van der Waals surface area contributed by atoms with Gasteiger partial charge in [-0.2, -0.15) is 0 Å². The molecule has 23 unspecified atom stereocenters. The molecule has 7 fully saturated rings. The fourth-order valence-corrected chi connectivity index (χ4v) is 15.0. The van der Waals surface area contributed by atoms with Crippen molar-refractivity contribution in [2.45, 2.75) is 205 Å². The summed E-state index contributed by atoms with van der Waals surface area (Å²) in [5.74, 6) is -1.21. The van der Waals surface area contributed by atoms with Crippen LogP contribution in [0.5, 0.6) is 0 Å². The molecule has 3 saturated heterocycles. The Morgan fingerprint density at radius 3 is 2.01 bits per heavy atom. The van der Waals surface area contributed by atoms with Crippen molar-refractivity contribution < 1.29 is 93.8 Å². The molecule has 3 aliphatic heterocycles. The number of aliphatic hydroxyl groups excluding tert-OH is 10. The highest BCUT2D eigenvalue weighted by Gasteiger charge is 2.70. The van der Waals surface area contributed by atoms with Crippen LogP contribution in [-0.4, -0.2) is 182 Å². The zero-order chi connectivity index (χ0) is 49.7. The zero-order valence-corrected chi connectivity index (χ0v) is 40.5. The molecule has 10 N–H and O–H groups in total. The van der Waals surface area contributed by atoms with Crippen LogP contribution in [0.3, 0.4) is 0 Å². The monoisotopic (exact) mass is 971 g/mol. The lowest BCUT2D eigenvalue weighted by atomic mass is 9.33. The molecule has 0 radical (unpaired) electrons. The topological polar surface area (TPSA) is 301 Å². The van der Waals surface area contributed by atoms with E-state index in [1.165, 1.54) is 12.5 Å². The number of hydrogen-bond acceptors (Lipinski definition) is 19. The number of allylic oxidation sites excluding steroid dienone is 2. The molecule has 0 amide bonds. The van der Waals surface area contributed by atoms with Gasteiger partial charge in [-0.05, 0) is 104 Å². The van der Waals surface area contributed by atoms with Gasteiger partial charge in [0, 0.05) is 12.3 Å². The van der Waals surface area contributed by atoms with Crippen molar-refractivity contribution in [2.75, 3.05) is 26.4 Å². The summed E-state index contributed by atoms with van der Waals surface area (Å²) in [7, 11) is 0. The highest BCUT2D eigenvalue weighted by Crippen LogP contribution is 2.76. The summed E-state index contributed by atoms with van der Waals surface area (Å²) >= 11 is 0. The number of aliphatic hydroxyl groups is 10. The Morgan fingerprint density at radius 2 is 1.35 bits per heavy atom. The maximum absolute atomic E-state index is 15.0. The quantitative estimate of drug-likeness (QED) is 0.0801. The van der Waals surface area contributed by atoms with Crippen LogP contribution >= 0.6 is 0 Å². The minimum Gasteiger partial charge on any atom is -0.454 e. The van der Waals surface area contributed by atoms with Crippen LogP contribution in [-0.2, 0) is 42.7 Å². The molecule has 0 aromatic heterocycles. The fourth-order valence-electron chi connectivity index (χ4n) is 15.0. The predicted octanol–water partition coefficient (Wildman–Crippen LogP) is 0.323. The lowest BCUT2D eigenvalue weighted by Crippen LogP contribution is -2.67. The first-order chi connectivity index (χ1) is 31.8. The van der Waals surface area contributed by atoms with Crippen molar-refractivity contribution in [3.8, 4) is 0 Å². The molecule has 8 aliphatic rings. The van der Waals surface area contributed by atoms with Crippen molar-refractivity contribution in [1.82, 2.24) is 0 Å². The van der Waals surface area contributed by atoms with Gasteiger partial charge in [-0.15, -0.1) is 0 Å². The maximum Gasteiger partial charge on any atom is 0.315 e. The van der Waals surface area contributed by atoms with Crippen molar-refractivity contribution >= 4 is 11.9 Å². The van der Waals surface area contributed by atoms with Gasteiger partial charge in [-0.1, -0.05) is 53.2 Å². The van der Waals surface area contributed by atoms with Gasteiger partial charge in [0.2, 0.25) is 6.29 Å². The molecule has 23 atom stereocenters. The molecular weight excluding hydrogens is 893 g/mol. The zero-order valence-electron chi connectivity index (χ0n) is 40.5. The first-order valence-corrected chi connectivity index (χ1v) is 24.8. The lowest BCUT2D eigenvalue weighted by molar-refractivity contribution is -0.328. The molecule has 5 aliphatic carbocycles. The molecule has 0 aromatic carbocycles. The summed E-state index contributed by atoms with van der Waals surface area (Å²) in [4.78, 5) is 27.0. The van der Waals surface area contributed by atoms with Crippen LogP contribution in [0.4, 0.5) is 0 Å². The molecular formula is C49H78O19. The van der Waals surface area contributed by atoms with E-state index < -0.39 is 128 Å². The molecule has 0 bridgehead atoms. The fraction of sp³-hybridized carbons (Fsp3) is 0.918. The largest absolute Gasteiger partial charge is 0.454 e. The smallest absolute Gasteiger partial charge is 0.315 e. The first-order valence-electron chi connectivity index (χ1n) is 24.8. The second-order valence-corrected chi connectivity index (χ2v) is 23.5. The Kier molecular flexibility index (Phi) is 14.5. The van der Waals surface area contributed by atoms with E-state index in [4.69, 9.17) is 33.2 Å². The molecule has 3 heterocycles. The number of carbonyl (C=O) groups excluding carboxylic acids is 2. The van der Waals surface area contributed by atoms with Crippen molar-refractivity contribution in [3.63, 3.8) is 0 Å². The average molecular weight is 971 g/mol. The van der Waals surface area contributed by atoms with Gasteiger partial charge >= 0.3 is 11.9 Å². The Morgan fingerprint density at radius 1 is 0.706 bits per heavy atom. The van der Waals surface area contributed by atoms with E-state index in [0.717, 1.165) is 32.1 Å². The number of fused-ring (bicyclic) bond motifs is 7. The Bertz CT molecular complexity index is 1880. The van der Waals surface area contributed by atoms with Crippen LogP contribution in [0.25, 0.3) is 0 Å². The Hall–Kier alpha value is -1.92. The molecule has 0 spiro atoms. The van der Waals surface area contributed by atoms with Gasteiger partial charge in [0.1, 0.15) is 61.0 Å². The van der Waals surface area contributed by atoms with E-state index in [1.54, 1.807) is 0 Å². The van der Waals surface area contributed by atoms with Crippen molar-refractivity contribution in [1.29, 1.82) is 0 Å². The molecule has 388 valence electrons. The van der Waals surface area contributed by atoms with Gasteiger partial charge in [0.05, 0.1) is 37.9 Å². The van der Waals surface area contributed by atoms with E-state index in [9.17, 15) is 60.7 Å². The summed E-state index contributed by atoms with van der Waals surface area (Å²) in [5, 5.41) is 106. The second-order valence-electron chi connectivity index (χ2n) is 23.5. The minimum atomic E-state index is -1.82. The third-order valence-electron chi connectivity index (χ3n) is 19.3. The minimum absolute atomic E-state index is 0.0233. The van der Waals surface area contributed by atoms with Crippen molar-refractivity contribution in [2.24, 2.45) is 50.2 Å². The summed E-state index contributed by atoms with van der Waals surface area (Å²) in [6.45, 7) is 13.2. The van der Waals surface area contributed by atoms with Gasteiger partial charge in [-0.25, -0.2) is 0 Å². The molecule has 0 aromatic rings. The van der Waals surface area contributed by atoms with Gasteiger partial charge < -0.3 is 84.2 Å². The maximum atomic E-state index is 15.0. The molecule has 19 nitrogen and oxygen atoms in total. The molecule has 4 saturated carbocycles. The summed E-state index contributed by atoms with van der Waals surface area (Å²) < 4.78 is 40.9. The number of ether oxygens (including phenoxy) is 7. The van der Waals surface area contributed by atoms with Gasteiger partial charge in [0.25, 0.3) is 0 Å². The highest BCUT2D eigenvalue weighted by molar-refractivity contribution is 5.79. The second kappa shape index (κ2) is 18.8. The third kappa shape index (κ3) is 8.41. The van der Waals surface area contributed by atoms with Crippen molar-refractivity contribution in [3.05, 3.63) is 11.6 Å². The van der Waals surface area contributed by atoms with E-state index in [1.807, 2.05) is 0 Å². The normalized spacial score (nSPS) is 52.3. The van der Waals surface area contributed by atoms with Crippen LogP contribution in [0.15, 0.2) is 11.6 Å². The van der Waals surface area contributed by atoms with E-state index in [2.05, 4.69) is 47.6 Å². The van der Waals surface area contributed by atoms with E-state index >= 15 is 0 Å². The molecule has 68 heavy (non-hydrogen) atoms.